The molecule has 0 bridgehead atoms. The first-order valence-corrected chi connectivity index (χ1v) is 4.97. The van der Waals surface area contributed by atoms with Crippen LogP contribution in [0.2, 0.25) is 0 Å². The lowest BCUT2D eigenvalue weighted by atomic mass is 10.1. The molecule has 1 atom stereocenters. The molecule has 1 heterocycles. The van der Waals surface area contributed by atoms with Crippen LogP contribution in [0.5, 0.6) is 5.75 Å². The summed E-state index contributed by atoms with van der Waals surface area (Å²) in [5, 5.41) is 23.2. The van der Waals surface area contributed by atoms with Crippen molar-refractivity contribution in [1.82, 2.24) is 5.32 Å². The van der Waals surface area contributed by atoms with E-state index < -0.39 is 4.92 Å². The van der Waals surface area contributed by atoms with Gasteiger partial charge in [0.25, 0.3) is 0 Å². The van der Waals surface area contributed by atoms with Crippen LogP contribution in [-0.2, 0) is 4.74 Å². The zero-order chi connectivity index (χ0) is 11.5. The van der Waals surface area contributed by atoms with Crippen molar-refractivity contribution in [1.29, 1.82) is 0 Å². The van der Waals surface area contributed by atoms with E-state index in [1.807, 2.05) is 0 Å². The Balaban J connectivity index is 2.23. The Morgan fingerprint density at radius 3 is 2.94 bits per heavy atom. The molecule has 1 fully saturated rings. The van der Waals surface area contributed by atoms with Crippen LogP contribution in [-0.4, -0.2) is 29.8 Å². The molecule has 1 aromatic rings. The van der Waals surface area contributed by atoms with E-state index in [1.165, 1.54) is 12.1 Å². The fourth-order valence-electron chi connectivity index (χ4n) is 1.69. The topological polar surface area (TPSA) is 84.6 Å². The van der Waals surface area contributed by atoms with Crippen LogP contribution in [0, 0.1) is 10.1 Å². The molecule has 6 heteroatoms. The summed E-state index contributed by atoms with van der Waals surface area (Å²) in [7, 11) is 0. The summed E-state index contributed by atoms with van der Waals surface area (Å²) in [5.41, 5.74) is 0.517. The van der Waals surface area contributed by atoms with Gasteiger partial charge in [0.15, 0.2) is 5.75 Å². The highest BCUT2D eigenvalue weighted by atomic mass is 16.6. The minimum absolute atomic E-state index is 0.0135. The van der Waals surface area contributed by atoms with Gasteiger partial charge in [-0.25, -0.2) is 0 Å². The molecular weight excluding hydrogens is 212 g/mol. The number of ether oxygens (including phenoxy) is 1. The largest absolute Gasteiger partial charge is 0.502 e. The summed E-state index contributed by atoms with van der Waals surface area (Å²) >= 11 is 0. The third-order valence-electron chi connectivity index (χ3n) is 2.52. The number of morpholine rings is 1. The molecule has 1 unspecified atom stereocenters. The Bertz CT molecular complexity index is 402. The van der Waals surface area contributed by atoms with Crippen LogP contribution in [0.3, 0.4) is 0 Å². The monoisotopic (exact) mass is 224 g/mol. The third-order valence-corrected chi connectivity index (χ3v) is 2.52. The van der Waals surface area contributed by atoms with Crippen molar-refractivity contribution < 1.29 is 14.8 Å². The summed E-state index contributed by atoms with van der Waals surface area (Å²) in [5.74, 6) is -0.310. The number of phenolic OH excluding ortho intramolecular Hbond substituents is 1. The average Bonchev–Trinajstić information content (AvgIpc) is 2.29. The fraction of sp³-hybridized carbons (Fsp3) is 0.400. The van der Waals surface area contributed by atoms with Crippen LogP contribution in [0.1, 0.15) is 11.6 Å². The molecule has 0 aromatic heterocycles. The number of rotatable bonds is 2. The molecule has 0 radical (unpaired) electrons. The third kappa shape index (κ3) is 2.12. The van der Waals surface area contributed by atoms with Crippen molar-refractivity contribution in [2.75, 3.05) is 19.8 Å². The molecule has 1 saturated heterocycles. The molecule has 1 aliphatic heterocycles. The Morgan fingerprint density at radius 1 is 1.56 bits per heavy atom. The Kier molecular flexibility index (Phi) is 3.02. The van der Waals surface area contributed by atoms with E-state index in [9.17, 15) is 15.2 Å². The van der Waals surface area contributed by atoms with Gasteiger partial charge in [0.2, 0.25) is 0 Å². The lowest BCUT2D eigenvalue weighted by Gasteiger charge is -2.24. The minimum atomic E-state index is -0.607. The number of aromatic hydroxyl groups is 1. The number of hydrogen-bond acceptors (Lipinski definition) is 5. The number of nitrogens with one attached hydrogen (secondary N) is 1. The SMILES string of the molecule is O=[N+]([O-])c1ccc(C2COCCN2)cc1O. The standard InChI is InChI=1S/C10H12N2O4/c13-10-5-7(1-2-9(10)12(14)15)8-6-16-4-3-11-8/h1-2,5,8,11,13H,3-4,6H2. The number of nitro groups is 1. The molecule has 0 saturated carbocycles. The van der Waals surface area contributed by atoms with Crippen LogP contribution in [0.15, 0.2) is 18.2 Å². The summed E-state index contributed by atoms with van der Waals surface area (Å²) in [6.45, 7) is 1.91. The van der Waals surface area contributed by atoms with Gasteiger partial charge in [0, 0.05) is 12.6 Å². The van der Waals surface area contributed by atoms with Crippen molar-refractivity contribution in [3.05, 3.63) is 33.9 Å². The Hall–Kier alpha value is -1.66. The highest BCUT2D eigenvalue weighted by Gasteiger charge is 2.19. The van der Waals surface area contributed by atoms with E-state index in [4.69, 9.17) is 4.74 Å². The second kappa shape index (κ2) is 4.46. The van der Waals surface area contributed by atoms with Gasteiger partial charge >= 0.3 is 5.69 Å². The maximum absolute atomic E-state index is 10.5. The smallest absolute Gasteiger partial charge is 0.310 e. The first-order valence-electron chi connectivity index (χ1n) is 4.97. The van der Waals surface area contributed by atoms with E-state index in [-0.39, 0.29) is 17.5 Å². The van der Waals surface area contributed by atoms with Crippen LogP contribution in [0.25, 0.3) is 0 Å². The molecule has 6 nitrogen and oxygen atoms in total. The van der Waals surface area contributed by atoms with Gasteiger partial charge in [0.05, 0.1) is 24.2 Å². The predicted octanol–water partition coefficient (Wildman–Crippen LogP) is 0.961. The Morgan fingerprint density at radius 2 is 2.38 bits per heavy atom. The highest BCUT2D eigenvalue weighted by Crippen LogP contribution is 2.29. The van der Waals surface area contributed by atoms with Crippen molar-refractivity contribution >= 4 is 5.69 Å². The van der Waals surface area contributed by atoms with Gasteiger partial charge in [-0.3, -0.25) is 10.1 Å². The zero-order valence-electron chi connectivity index (χ0n) is 8.55. The second-order valence-electron chi connectivity index (χ2n) is 3.59. The maximum Gasteiger partial charge on any atom is 0.310 e. The summed E-state index contributed by atoms with van der Waals surface area (Å²) < 4.78 is 5.28. The van der Waals surface area contributed by atoms with Gasteiger partial charge in [0.1, 0.15) is 0 Å². The summed E-state index contributed by atoms with van der Waals surface area (Å²) in [4.78, 5) is 9.91. The number of phenols is 1. The van der Waals surface area contributed by atoms with E-state index in [0.29, 0.717) is 13.2 Å². The molecule has 0 aliphatic carbocycles. The van der Waals surface area contributed by atoms with Crippen molar-refractivity contribution in [2.45, 2.75) is 6.04 Å². The molecule has 16 heavy (non-hydrogen) atoms. The molecule has 86 valence electrons. The molecule has 1 aromatic carbocycles. The fourth-order valence-corrected chi connectivity index (χ4v) is 1.69. The van der Waals surface area contributed by atoms with E-state index in [1.54, 1.807) is 6.07 Å². The molecule has 2 N–H and O–H groups in total. The van der Waals surface area contributed by atoms with Crippen LogP contribution >= 0.6 is 0 Å². The number of benzene rings is 1. The van der Waals surface area contributed by atoms with Gasteiger partial charge in [-0.15, -0.1) is 0 Å². The number of nitro benzene ring substituents is 1. The van der Waals surface area contributed by atoms with Gasteiger partial charge in [-0.2, -0.15) is 0 Å². The summed E-state index contributed by atoms with van der Waals surface area (Å²) in [6.07, 6.45) is 0. The van der Waals surface area contributed by atoms with E-state index in [2.05, 4.69) is 5.32 Å². The first kappa shape index (κ1) is 10.8. The van der Waals surface area contributed by atoms with Crippen LogP contribution in [0.4, 0.5) is 5.69 Å². The van der Waals surface area contributed by atoms with Gasteiger partial charge < -0.3 is 15.2 Å². The van der Waals surface area contributed by atoms with E-state index in [0.717, 1.165) is 12.1 Å². The van der Waals surface area contributed by atoms with E-state index >= 15 is 0 Å². The average molecular weight is 224 g/mol. The highest BCUT2D eigenvalue weighted by molar-refractivity contribution is 5.48. The lowest BCUT2D eigenvalue weighted by molar-refractivity contribution is -0.385. The van der Waals surface area contributed by atoms with Gasteiger partial charge in [-0.1, -0.05) is 6.07 Å². The molecule has 0 amide bonds. The molecular formula is C10H12N2O4. The molecule has 2 rings (SSSR count). The van der Waals surface area contributed by atoms with Crippen LogP contribution < -0.4 is 5.32 Å². The van der Waals surface area contributed by atoms with Crippen molar-refractivity contribution in [2.24, 2.45) is 0 Å². The van der Waals surface area contributed by atoms with Crippen molar-refractivity contribution in [3.8, 4) is 5.75 Å². The van der Waals surface area contributed by atoms with Gasteiger partial charge in [-0.05, 0) is 11.6 Å². The van der Waals surface area contributed by atoms with Crippen molar-refractivity contribution in [3.63, 3.8) is 0 Å². The minimum Gasteiger partial charge on any atom is -0.502 e. The number of nitrogens with zero attached hydrogens (tertiary/aromatic N) is 1. The zero-order valence-corrected chi connectivity index (χ0v) is 8.55. The Labute approximate surface area is 92.0 Å². The first-order chi connectivity index (χ1) is 7.68. The second-order valence-corrected chi connectivity index (χ2v) is 3.59. The molecule has 0 spiro atoms. The predicted molar refractivity (Wildman–Crippen MR) is 56.3 cm³/mol. The normalized spacial score (nSPS) is 20.6. The quantitative estimate of drug-likeness (QED) is 0.577. The molecule has 1 aliphatic rings. The summed E-state index contributed by atoms with van der Waals surface area (Å²) in [6, 6.07) is 4.33. The lowest BCUT2D eigenvalue weighted by Crippen LogP contribution is -2.34. The maximum atomic E-state index is 10.5. The number of hydrogen-bond donors (Lipinski definition) is 2.